The van der Waals surface area contributed by atoms with Crippen molar-refractivity contribution in [1.82, 2.24) is 0 Å². The number of hydrogen-bond acceptors (Lipinski definition) is 1. The fourth-order valence-electron chi connectivity index (χ4n) is 1.17. The molecule has 2 aromatic rings. The molecular formula is C12H9FS. The number of benzene rings is 1. The van der Waals surface area contributed by atoms with Crippen molar-refractivity contribution in [1.29, 1.82) is 0 Å². The molecule has 0 saturated heterocycles. The highest BCUT2D eigenvalue weighted by atomic mass is 32.1. The van der Waals surface area contributed by atoms with Gasteiger partial charge in [0.2, 0.25) is 0 Å². The van der Waals surface area contributed by atoms with Crippen molar-refractivity contribution >= 4 is 23.5 Å². The van der Waals surface area contributed by atoms with E-state index >= 15 is 0 Å². The van der Waals surface area contributed by atoms with Gasteiger partial charge in [0.1, 0.15) is 5.82 Å². The van der Waals surface area contributed by atoms with E-state index < -0.39 is 0 Å². The van der Waals surface area contributed by atoms with Gasteiger partial charge in [0.25, 0.3) is 0 Å². The van der Waals surface area contributed by atoms with Crippen LogP contribution in [-0.2, 0) is 0 Å². The molecule has 0 N–H and O–H groups in total. The smallest absolute Gasteiger partial charge is 0.130 e. The van der Waals surface area contributed by atoms with E-state index in [2.05, 4.69) is 0 Å². The third-order valence-corrected chi connectivity index (χ3v) is 2.61. The highest BCUT2D eigenvalue weighted by Gasteiger charge is 1.94. The van der Waals surface area contributed by atoms with Crippen LogP contribution >= 0.6 is 11.3 Å². The lowest BCUT2D eigenvalue weighted by molar-refractivity contribution is 0.625. The molecule has 14 heavy (non-hydrogen) atoms. The summed E-state index contributed by atoms with van der Waals surface area (Å²) in [5.41, 5.74) is 1.73. The second-order valence-corrected chi connectivity index (χ2v) is 3.69. The maximum atomic E-state index is 13.2. The molecule has 0 saturated carbocycles. The summed E-state index contributed by atoms with van der Waals surface area (Å²) < 4.78 is 13.2. The fraction of sp³-hybridized carbons (Fsp3) is 0. The van der Waals surface area contributed by atoms with Crippen LogP contribution in [0.15, 0.2) is 41.1 Å². The second kappa shape index (κ2) is 4.20. The quantitative estimate of drug-likeness (QED) is 0.692. The molecule has 0 aliphatic carbocycles. The molecule has 1 aromatic carbocycles. The Morgan fingerprint density at radius 3 is 2.64 bits per heavy atom. The van der Waals surface area contributed by atoms with Crippen molar-refractivity contribution in [2.75, 3.05) is 0 Å². The molecule has 0 aliphatic heterocycles. The van der Waals surface area contributed by atoms with Crippen LogP contribution in [0.2, 0.25) is 0 Å². The topological polar surface area (TPSA) is 0 Å². The molecule has 1 aromatic heterocycles. The van der Waals surface area contributed by atoms with Crippen molar-refractivity contribution in [3.8, 4) is 0 Å². The average molecular weight is 204 g/mol. The van der Waals surface area contributed by atoms with E-state index in [-0.39, 0.29) is 5.82 Å². The summed E-state index contributed by atoms with van der Waals surface area (Å²) >= 11 is 1.63. The van der Waals surface area contributed by atoms with E-state index in [1.54, 1.807) is 29.5 Å². The van der Waals surface area contributed by atoms with Crippen LogP contribution in [-0.4, -0.2) is 0 Å². The van der Waals surface area contributed by atoms with Gasteiger partial charge in [-0.2, -0.15) is 11.3 Å². The summed E-state index contributed by atoms with van der Waals surface area (Å²) in [6.45, 7) is 0. The Hall–Kier alpha value is -1.41. The normalized spacial score (nSPS) is 10.9. The summed E-state index contributed by atoms with van der Waals surface area (Å²) in [7, 11) is 0. The number of thiophene rings is 1. The van der Waals surface area contributed by atoms with Crippen molar-refractivity contribution in [3.05, 3.63) is 58.0 Å². The lowest BCUT2D eigenvalue weighted by Gasteiger charge is -1.93. The van der Waals surface area contributed by atoms with E-state index in [1.165, 1.54) is 6.07 Å². The monoisotopic (exact) mass is 204 g/mol. The van der Waals surface area contributed by atoms with Crippen LogP contribution in [0, 0.1) is 5.82 Å². The van der Waals surface area contributed by atoms with Gasteiger partial charge >= 0.3 is 0 Å². The van der Waals surface area contributed by atoms with Gasteiger partial charge in [0.15, 0.2) is 0 Å². The molecule has 2 heteroatoms. The van der Waals surface area contributed by atoms with Crippen LogP contribution < -0.4 is 0 Å². The summed E-state index contributed by atoms with van der Waals surface area (Å²) in [4.78, 5) is 0. The Balaban J connectivity index is 2.23. The van der Waals surface area contributed by atoms with Gasteiger partial charge in [-0.3, -0.25) is 0 Å². The Morgan fingerprint density at radius 1 is 1.07 bits per heavy atom. The summed E-state index contributed by atoms with van der Waals surface area (Å²) in [5.74, 6) is -0.182. The summed E-state index contributed by atoms with van der Waals surface area (Å²) in [6, 6.07) is 8.75. The van der Waals surface area contributed by atoms with Gasteiger partial charge < -0.3 is 0 Å². The third-order valence-electron chi connectivity index (χ3n) is 1.90. The van der Waals surface area contributed by atoms with Crippen molar-refractivity contribution in [2.45, 2.75) is 0 Å². The lowest BCUT2D eigenvalue weighted by atomic mass is 10.2. The maximum absolute atomic E-state index is 13.2. The first-order chi connectivity index (χ1) is 6.86. The molecule has 0 spiro atoms. The number of halogens is 1. The molecule has 0 atom stereocenters. The standard InChI is InChI=1S/C12H9FS/c13-12-4-2-1-3-11(12)6-5-10-7-8-14-9-10/h1-9H/b6-5+. The minimum absolute atomic E-state index is 0.182. The Kier molecular flexibility index (Phi) is 2.75. The van der Waals surface area contributed by atoms with Crippen LogP contribution in [0.5, 0.6) is 0 Å². The zero-order chi connectivity index (χ0) is 9.80. The Morgan fingerprint density at radius 2 is 1.93 bits per heavy atom. The van der Waals surface area contributed by atoms with Gasteiger partial charge in [0, 0.05) is 5.56 Å². The highest BCUT2D eigenvalue weighted by molar-refractivity contribution is 7.08. The summed E-state index contributed by atoms with van der Waals surface area (Å²) in [5, 5.41) is 4.03. The van der Waals surface area contributed by atoms with Crippen LogP contribution in [0.4, 0.5) is 4.39 Å². The minimum Gasteiger partial charge on any atom is -0.206 e. The van der Waals surface area contributed by atoms with Crippen molar-refractivity contribution < 1.29 is 4.39 Å². The molecule has 0 fully saturated rings. The van der Waals surface area contributed by atoms with Crippen LogP contribution in [0.1, 0.15) is 11.1 Å². The zero-order valence-electron chi connectivity index (χ0n) is 7.48. The highest BCUT2D eigenvalue weighted by Crippen LogP contribution is 2.13. The molecular weight excluding hydrogens is 195 g/mol. The van der Waals surface area contributed by atoms with E-state index in [0.717, 1.165) is 5.56 Å². The molecule has 0 aliphatic rings. The minimum atomic E-state index is -0.182. The molecule has 0 amide bonds. The van der Waals surface area contributed by atoms with Crippen LogP contribution in [0.3, 0.4) is 0 Å². The van der Waals surface area contributed by atoms with E-state index in [4.69, 9.17) is 0 Å². The van der Waals surface area contributed by atoms with E-state index in [9.17, 15) is 4.39 Å². The average Bonchev–Trinajstić information content (AvgIpc) is 2.69. The SMILES string of the molecule is Fc1ccccc1/C=C/c1ccsc1. The molecule has 0 radical (unpaired) electrons. The van der Waals surface area contributed by atoms with E-state index in [0.29, 0.717) is 5.56 Å². The fourth-order valence-corrected chi connectivity index (χ4v) is 1.79. The molecule has 70 valence electrons. The van der Waals surface area contributed by atoms with Crippen molar-refractivity contribution in [2.24, 2.45) is 0 Å². The Bertz CT molecular complexity index is 429. The first-order valence-electron chi connectivity index (χ1n) is 4.31. The third kappa shape index (κ3) is 2.09. The predicted octanol–water partition coefficient (Wildman–Crippen LogP) is 4.06. The Labute approximate surface area is 86.3 Å². The molecule has 2 rings (SSSR count). The van der Waals surface area contributed by atoms with Gasteiger partial charge in [-0.15, -0.1) is 0 Å². The van der Waals surface area contributed by atoms with Gasteiger partial charge in [-0.25, -0.2) is 4.39 Å². The van der Waals surface area contributed by atoms with Gasteiger partial charge in [-0.05, 0) is 28.5 Å². The zero-order valence-corrected chi connectivity index (χ0v) is 8.30. The second-order valence-electron chi connectivity index (χ2n) is 2.91. The molecule has 1 heterocycles. The first-order valence-corrected chi connectivity index (χ1v) is 5.25. The van der Waals surface area contributed by atoms with Gasteiger partial charge in [-0.1, -0.05) is 30.4 Å². The maximum Gasteiger partial charge on any atom is 0.130 e. The molecule has 0 nitrogen and oxygen atoms in total. The predicted molar refractivity (Wildman–Crippen MR) is 59.6 cm³/mol. The van der Waals surface area contributed by atoms with E-state index in [1.807, 2.05) is 29.0 Å². The largest absolute Gasteiger partial charge is 0.206 e. The molecule has 0 unspecified atom stereocenters. The first kappa shape index (κ1) is 9.16. The number of rotatable bonds is 2. The summed E-state index contributed by atoms with van der Waals surface area (Å²) in [6.07, 6.45) is 3.70. The van der Waals surface area contributed by atoms with Crippen LogP contribution in [0.25, 0.3) is 12.2 Å². The number of hydrogen-bond donors (Lipinski definition) is 0. The lowest BCUT2D eigenvalue weighted by Crippen LogP contribution is -1.78. The van der Waals surface area contributed by atoms with Crippen molar-refractivity contribution in [3.63, 3.8) is 0 Å². The molecule has 0 bridgehead atoms. The van der Waals surface area contributed by atoms with Gasteiger partial charge in [0.05, 0.1) is 0 Å².